The van der Waals surface area contributed by atoms with Gasteiger partial charge in [0.15, 0.2) is 5.82 Å². The molecule has 2 aliphatic rings. The monoisotopic (exact) mass is 511 g/mol. The number of anilines is 2. The third kappa shape index (κ3) is 6.12. The summed E-state index contributed by atoms with van der Waals surface area (Å²) < 4.78 is 28.7. The molecule has 2 aromatic heterocycles. The smallest absolute Gasteiger partial charge is 0.255 e. The Hall–Kier alpha value is -3.40. The van der Waals surface area contributed by atoms with Crippen LogP contribution in [-0.2, 0) is 4.79 Å². The molecule has 2 N–H and O–H groups in total. The van der Waals surface area contributed by atoms with Crippen LogP contribution in [-0.4, -0.2) is 77.5 Å². The van der Waals surface area contributed by atoms with Crippen molar-refractivity contribution in [2.45, 2.75) is 33.1 Å². The number of amides is 1. The van der Waals surface area contributed by atoms with E-state index in [0.717, 1.165) is 24.3 Å². The summed E-state index contributed by atoms with van der Waals surface area (Å²) >= 11 is 0. The van der Waals surface area contributed by atoms with Crippen molar-refractivity contribution >= 4 is 28.4 Å². The molecule has 0 bridgehead atoms. The van der Waals surface area contributed by atoms with E-state index in [1.807, 2.05) is 49.1 Å². The summed E-state index contributed by atoms with van der Waals surface area (Å²) in [7, 11) is 0. The highest BCUT2D eigenvalue weighted by molar-refractivity contribution is 5.88. The van der Waals surface area contributed by atoms with Crippen molar-refractivity contribution in [1.29, 1.82) is 0 Å². The second kappa shape index (κ2) is 11.8. The maximum absolute atomic E-state index is 14.3. The van der Waals surface area contributed by atoms with E-state index in [-0.39, 0.29) is 25.4 Å². The third-order valence-electron chi connectivity index (χ3n) is 6.85. The Morgan fingerprint density at radius 3 is 2.49 bits per heavy atom. The van der Waals surface area contributed by atoms with Gasteiger partial charge in [0.2, 0.25) is 5.91 Å². The Kier molecular flexibility index (Phi) is 8.48. The number of rotatable bonds is 5. The number of piperidine rings is 1. The van der Waals surface area contributed by atoms with Gasteiger partial charge in [0.05, 0.1) is 17.1 Å². The number of nitrogens with one attached hydrogen (secondary N) is 2. The molecule has 2 saturated heterocycles. The number of nitrogens with zero attached hydrogens (tertiary/aromatic N) is 5. The number of carbonyl (C=O) groups excluding carboxylic acids is 1. The zero-order valence-electron chi connectivity index (χ0n) is 21.7. The number of halogens is 2. The molecule has 0 aliphatic carbocycles. The minimum absolute atomic E-state index is 0.0906. The van der Waals surface area contributed by atoms with E-state index in [0.29, 0.717) is 42.2 Å². The number of fused-ring (bicyclic) bond motifs is 1. The van der Waals surface area contributed by atoms with Crippen LogP contribution < -0.4 is 15.5 Å². The van der Waals surface area contributed by atoms with Crippen molar-refractivity contribution in [2.75, 3.05) is 56.0 Å². The molecule has 2 aliphatic heterocycles. The minimum Gasteiger partial charge on any atom is -0.368 e. The number of pyridine rings is 1. The lowest BCUT2D eigenvalue weighted by Gasteiger charge is -2.35. The van der Waals surface area contributed by atoms with Crippen molar-refractivity contribution in [3.8, 4) is 11.3 Å². The van der Waals surface area contributed by atoms with E-state index in [9.17, 15) is 13.6 Å². The highest BCUT2D eigenvalue weighted by Gasteiger charge is 2.41. The number of hydrogen-bond acceptors (Lipinski definition) is 7. The van der Waals surface area contributed by atoms with E-state index < -0.39 is 11.8 Å². The summed E-state index contributed by atoms with van der Waals surface area (Å²) in [5.41, 5.74) is 3.89. The fourth-order valence-corrected chi connectivity index (χ4v) is 4.69. The molecule has 0 spiro atoms. The summed E-state index contributed by atoms with van der Waals surface area (Å²) in [6, 6.07) is 9.96. The van der Waals surface area contributed by atoms with Gasteiger partial charge in [0, 0.05) is 82.8 Å². The van der Waals surface area contributed by atoms with Crippen LogP contribution in [0.2, 0.25) is 0 Å². The largest absolute Gasteiger partial charge is 0.368 e. The summed E-state index contributed by atoms with van der Waals surface area (Å²) in [4.78, 5) is 29.2. The van der Waals surface area contributed by atoms with Gasteiger partial charge in [-0.15, -0.1) is 0 Å². The van der Waals surface area contributed by atoms with Crippen LogP contribution in [0.4, 0.5) is 20.3 Å². The highest BCUT2D eigenvalue weighted by atomic mass is 19.3. The number of benzene rings is 1. The maximum atomic E-state index is 14.3. The Bertz CT molecular complexity index is 1200. The molecule has 3 aromatic rings. The van der Waals surface area contributed by atoms with Crippen LogP contribution in [0.3, 0.4) is 0 Å². The Labute approximate surface area is 216 Å². The van der Waals surface area contributed by atoms with Gasteiger partial charge in [0.25, 0.3) is 5.92 Å². The molecule has 1 amide bonds. The van der Waals surface area contributed by atoms with Crippen molar-refractivity contribution in [3.63, 3.8) is 0 Å². The molecular weight excluding hydrogens is 476 g/mol. The van der Waals surface area contributed by atoms with Crippen LogP contribution in [0.1, 0.15) is 27.2 Å². The molecule has 8 nitrogen and oxygen atoms in total. The summed E-state index contributed by atoms with van der Waals surface area (Å²) in [6.07, 6.45) is 3.02. The Morgan fingerprint density at radius 1 is 1.11 bits per heavy atom. The van der Waals surface area contributed by atoms with Gasteiger partial charge in [-0.2, -0.15) is 0 Å². The number of alkyl halides is 2. The standard InChI is InChI=1S/C25H29F2N7O.C2H6/c1-17(35)33-10-12-34(13-11-33)20-4-2-18(3-5-20)21-14-22-23(30-9-8-29-22)24(32-21)31-16-19-15-28-7-6-25(19,26)27;1-2/h2-5,8-9,14,19,28H,6-7,10-13,15-16H2,1H3,(H,31,32);1-2H3. The van der Waals surface area contributed by atoms with E-state index in [1.165, 1.54) is 0 Å². The van der Waals surface area contributed by atoms with E-state index in [2.05, 4.69) is 25.5 Å². The van der Waals surface area contributed by atoms with Crippen LogP contribution in [0.5, 0.6) is 0 Å². The quantitative estimate of drug-likeness (QED) is 0.535. The van der Waals surface area contributed by atoms with Crippen molar-refractivity contribution in [3.05, 3.63) is 42.7 Å². The zero-order chi connectivity index (χ0) is 26.4. The SMILES string of the molecule is CC.CC(=O)N1CCN(c2ccc(-c3cc4nccnc4c(NCC4CNCCC4(F)F)n3)cc2)CC1. The van der Waals surface area contributed by atoms with Crippen LogP contribution in [0, 0.1) is 5.92 Å². The molecule has 2 fully saturated rings. The molecular formula is C27H35F2N7O. The predicted molar refractivity (Wildman–Crippen MR) is 143 cm³/mol. The number of piperazine rings is 1. The van der Waals surface area contributed by atoms with Gasteiger partial charge in [-0.05, 0) is 18.2 Å². The lowest BCUT2D eigenvalue weighted by molar-refractivity contribution is -0.129. The average Bonchev–Trinajstić information content (AvgIpc) is 2.93. The van der Waals surface area contributed by atoms with Crippen molar-refractivity contribution in [1.82, 2.24) is 25.2 Å². The van der Waals surface area contributed by atoms with Crippen LogP contribution >= 0.6 is 0 Å². The molecule has 1 aromatic carbocycles. The molecule has 198 valence electrons. The van der Waals surface area contributed by atoms with Crippen LogP contribution in [0.25, 0.3) is 22.3 Å². The normalized spacial score (nSPS) is 19.2. The van der Waals surface area contributed by atoms with Gasteiger partial charge in [-0.3, -0.25) is 9.78 Å². The van der Waals surface area contributed by atoms with Crippen molar-refractivity contribution < 1.29 is 13.6 Å². The Morgan fingerprint density at radius 2 is 1.81 bits per heavy atom. The van der Waals surface area contributed by atoms with Gasteiger partial charge in [-0.1, -0.05) is 26.0 Å². The predicted octanol–water partition coefficient (Wildman–Crippen LogP) is 4.04. The molecule has 37 heavy (non-hydrogen) atoms. The van der Waals surface area contributed by atoms with Gasteiger partial charge >= 0.3 is 0 Å². The molecule has 1 unspecified atom stereocenters. The van der Waals surface area contributed by atoms with Crippen molar-refractivity contribution in [2.24, 2.45) is 5.92 Å². The summed E-state index contributed by atoms with van der Waals surface area (Å²) in [5.74, 6) is -2.98. The lowest BCUT2D eigenvalue weighted by atomic mass is 9.95. The van der Waals surface area contributed by atoms with E-state index >= 15 is 0 Å². The minimum atomic E-state index is -2.72. The second-order valence-corrected chi connectivity index (χ2v) is 9.11. The first kappa shape index (κ1) is 26.7. The second-order valence-electron chi connectivity index (χ2n) is 9.11. The molecule has 10 heteroatoms. The average molecular weight is 512 g/mol. The van der Waals surface area contributed by atoms with Crippen LogP contribution in [0.15, 0.2) is 42.7 Å². The maximum Gasteiger partial charge on any atom is 0.255 e. The Balaban J connectivity index is 0.00000156. The number of carbonyl (C=O) groups is 1. The van der Waals surface area contributed by atoms with Gasteiger partial charge in [-0.25, -0.2) is 18.7 Å². The molecule has 0 saturated carbocycles. The first-order chi connectivity index (χ1) is 17.9. The van der Waals surface area contributed by atoms with E-state index in [4.69, 9.17) is 4.98 Å². The number of aromatic nitrogens is 3. The zero-order valence-corrected chi connectivity index (χ0v) is 21.7. The van der Waals surface area contributed by atoms with E-state index in [1.54, 1.807) is 19.3 Å². The molecule has 5 rings (SSSR count). The topological polar surface area (TPSA) is 86.3 Å². The fraction of sp³-hybridized carbons (Fsp3) is 0.481. The third-order valence-corrected chi connectivity index (χ3v) is 6.85. The number of hydrogen-bond donors (Lipinski definition) is 2. The fourth-order valence-electron chi connectivity index (χ4n) is 4.69. The lowest BCUT2D eigenvalue weighted by Crippen LogP contribution is -2.48. The highest BCUT2D eigenvalue weighted by Crippen LogP contribution is 2.32. The summed E-state index contributed by atoms with van der Waals surface area (Å²) in [5, 5.41) is 6.18. The molecule has 1 atom stereocenters. The first-order valence-electron chi connectivity index (χ1n) is 13.0. The molecule has 4 heterocycles. The first-order valence-corrected chi connectivity index (χ1v) is 13.0. The van der Waals surface area contributed by atoms with Gasteiger partial charge in [0.1, 0.15) is 5.52 Å². The molecule has 0 radical (unpaired) electrons. The van der Waals surface area contributed by atoms with Gasteiger partial charge < -0.3 is 20.4 Å². The summed E-state index contributed by atoms with van der Waals surface area (Å²) in [6.45, 7) is 9.28.